The third kappa shape index (κ3) is 3.69. The molecule has 2 aromatic carbocycles. The number of nitriles is 1. The lowest BCUT2D eigenvalue weighted by molar-refractivity contribution is 0.00706. The number of nitrogens with zero attached hydrogens (tertiary/aromatic N) is 3. The number of H-pyrrole nitrogens is 1. The van der Waals surface area contributed by atoms with Crippen LogP contribution >= 0.6 is 11.6 Å². The molecule has 8 nitrogen and oxygen atoms in total. The molecular weight excluding hydrogens is 456 g/mol. The van der Waals surface area contributed by atoms with Crippen molar-refractivity contribution in [2.75, 3.05) is 13.2 Å². The maximum absolute atomic E-state index is 9.90. The van der Waals surface area contributed by atoms with Gasteiger partial charge in [-0.15, -0.1) is 0 Å². The predicted octanol–water partition coefficient (Wildman–Crippen LogP) is 3.72. The summed E-state index contributed by atoms with van der Waals surface area (Å²) < 4.78 is 17.2. The van der Waals surface area contributed by atoms with E-state index in [0.717, 1.165) is 16.7 Å². The number of aliphatic hydroxyl groups excluding tert-OH is 1. The van der Waals surface area contributed by atoms with E-state index in [1.165, 1.54) is 0 Å². The summed E-state index contributed by atoms with van der Waals surface area (Å²) in [4.78, 5) is 12.2. The van der Waals surface area contributed by atoms with E-state index in [1.54, 1.807) is 18.2 Å². The Hall–Kier alpha value is -3.48. The van der Waals surface area contributed by atoms with Gasteiger partial charge in [-0.25, -0.2) is 4.98 Å². The van der Waals surface area contributed by atoms with Crippen molar-refractivity contribution in [1.82, 2.24) is 15.0 Å². The first kappa shape index (κ1) is 21.1. The Balaban J connectivity index is 1.24. The normalized spacial score (nSPS) is 23.7. The number of aromatic amines is 1. The lowest BCUT2D eigenvalue weighted by Gasteiger charge is -2.15. The van der Waals surface area contributed by atoms with E-state index >= 15 is 0 Å². The van der Waals surface area contributed by atoms with E-state index in [-0.39, 0.29) is 24.9 Å². The Kier molecular flexibility index (Phi) is 5.20. The number of rotatable bonds is 4. The van der Waals surface area contributed by atoms with Crippen LogP contribution in [-0.4, -0.2) is 57.7 Å². The molecule has 2 aliphatic heterocycles. The van der Waals surface area contributed by atoms with Gasteiger partial charge in [-0.2, -0.15) is 10.2 Å². The molecule has 34 heavy (non-hydrogen) atoms. The molecule has 2 fully saturated rings. The summed E-state index contributed by atoms with van der Waals surface area (Å²) in [7, 11) is 0. The molecule has 0 aliphatic carbocycles. The molecule has 0 saturated carbocycles. The Labute approximate surface area is 199 Å². The second-order valence-corrected chi connectivity index (χ2v) is 8.73. The van der Waals surface area contributed by atoms with Gasteiger partial charge in [-0.1, -0.05) is 48.0 Å². The molecule has 4 atom stereocenters. The molecule has 0 amide bonds. The van der Waals surface area contributed by atoms with Crippen LogP contribution < -0.4 is 4.74 Å². The van der Waals surface area contributed by atoms with Gasteiger partial charge in [-0.3, -0.25) is 0 Å². The minimum absolute atomic E-state index is 0.236. The number of ether oxygens (including phenoxy) is 3. The summed E-state index contributed by atoms with van der Waals surface area (Å²) in [6.07, 6.45) is -1.71. The zero-order valence-corrected chi connectivity index (χ0v) is 18.6. The van der Waals surface area contributed by atoms with Crippen LogP contribution in [0.4, 0.5) is 0 Å². The van der Waals surface area contributed by atoms with Crippen LogP contribution in [-0.2, 0) is 9.47 Å². The van der Waals surface area contributed by atoms with Crippen molar-refractivity contribution >= 4 is 22.8 Å². The fourth-order valence-corrected chi connectivity index (χ4v) is 4.66. The van der Waals surface area contributed by atoms with Crippen molar-refractivity contribution in [1.29, 1.82) is 5.26 Å². The molecular formula is C25H19ClN4O4. The molecule has 170 valence electrons. The highest BCUT2D eigenvalue weighted by molar-refractivity contribution is 6.33. The Bertz CT molecular complexity index is 1400. The highest BCUT2D eigenvalue weighted by Crippen LogP contribution is 2.33. The van der Waals surface area contributed by atoms with Crippen molar-refractivity contribution in [3.05, 3.63) is 65.2 Å². The summed E-state index contributed by atoms with van der Waals surface area (Å²) in [5.41, 5.74) is 5.28. The summed E-state index contributed by atoms with van der Waals surface area (Å²) >= 11 is 6.55. The first-order valence-corrected chi connectivity index (χ1v) is 11.2. The smallest absolute Gasteiger partial charge is 0.296 e. The number of imidazole rings is 1. The zero-order chi connectivity index (χ0) is 23.2. The fraction of sp³-hybridized carbons (Fsp3) is 0.240. The average Bonchev–Trinajstić information content (AvgIpc) is 3.55. The van der Waals surface area contributed by atoms with Gasteiger partial charge in [0.1, 0.15) is 18.3 Å². The minimum Gasteiger partial charge on any atom is -0.456 e. The second-order valence-electron chi connectivity index (χ2n) is 8.32. The Morgan fingerprint density at radius 2 is 1.65 bits per heavy atom. The second kappa shape index (κ2) is 8.38. The van der Waals surface area contributed by atoms with Crippen molar-refractivity contribution in [2.45, 2.75) is 24.4 Å². The molecule has 9 heteroatoms. The van der Waals surface area contributed by atoms with E-state index in [1.807, 2.05) is 36.4 Å². The first-order chi connectivity index (χ1) is 16.6. The summed E-state index contributed by atoms with van der Waals surface area (Å²) in [6.45, 7) is 0.550. The molecule has 0 spiro atoms. The Morgan fingerprint density at radius 3 is 2.38 bits per heavy atom. The van der Waals surface area contributed by atoms with E-state index in [2.05, 4.69) is 21.0 Å². The molecule has 0 unspecified atom stereocenters. The highest BCUT2D eigenvalue weighted by Gasteiger charge is 2.48. The van der Waals surface area contributed by atoms with Crippen molar-refractivity contribution < 1.29 is 19.3 Å². The van der Waals surface area contributed by atoms with Crippen LogP contribution in [0.2, 0.25) is 5.02 Å². The quantitative estimate of drug-likeness (QED) is 0.463. The van der Waals surface area contributed by atoms with Gasteiger partial charge >= 0.3 is 0 Å². The third-order valence-corrected chi connectivity index (χ3v) is 6.44. The number of aliphatic hydroxyl groups is 1. The number of hydrogen-bond acceptors (Lipinski definition) is 7. The predicted molar refractivity (Wildman–Crippen MR) is 124 cm³/mol. The highest BCUT2D eigenvalue weighted by atomic mass is 35.5. The maximum Gasteiger partial charge on any atom is 0.296 e. The largest absolute Gasteiger partial charge is 0.456 e. The van der Waals surface area contributed by atoms with Crippen LogP contribution in [0.15, 0.2) is 54.6 Å². The number of hydrogen-bond donors (Lipinski definition) is 2. The van der Waals surface area contributed by atoms with Crippen molar-refractivity contribution in [3.63, 3.8) is 0 Å². The van der Waals surface area contributed by atoms with Gasteiger partial charge in [0, 0.05) is 5.56 Å². The number of halogens is 1. The lowest BCUT2D eigenvalue weighted by atomic mass is 10.0. The standard InChI is InChI=1S/C25H19ClN4O4/c26-17-9-18-24(30-25(28-18)34-20-12-33-22-19(31)11-32-23(20)22)29-21(17)16-7-5-15(6-8-16)14-3-1-13(10-27)2-4-14/h1-9,19-20,22-23,31H,11-12H2,(H,28,29,30)/t19-,20-,22-,23-/m1/s1. The molecule has 2 aliphatic rings. The van der Waals surface area contributed by atoms with E-state index < -0.39 is 6.10 Å². The molecule has 6 rings (SSSR count). The topological polar surface area (TPSA) is 113 Å². The number of nitrogens with one attached hydrogen (secondary N) is 1. The molecule has 0 radical (unpaired) electrons. The van der Waals surface area contributed by atoms with Crippen LogP contribution in [0, 0.1) is 11.3 Å². The van der Waals surface area contributed by atoms with Crippen molar-refractivity contribution in [3.8, 4) is 34.5 Å². The van der Waals surface area contributed by atoms with E-state index in [9.17, 15) is 5.11 Å². The van der Waals surface area contributed by atoms with Gasteiger partial charge in [0.2, 0.25) is 0 Å². The summed E-state index contributed by atoms with van der Waals surface area (Å²) in [6, 6.07) is 19.5. The maximum atomic E-state index is 9.90. The van der Waals surface area contributed by atoms with E-state index in [0.29, 0.717) is 40.1 Å². The van der Waals surface area contributed by atoms with Gasteiger partial charge < -0.3 is 24.3 Å². The monoisotopic (exact) mass is 474 g/mol. The molecule has 4 heterocycles. The SMILES string of the molecule is N#Cc1ccc(-c2ccc(-c3nc4nc(O[C@@H]5CO[C@H]6[C@@H]5OC[C@H]6O)[nH]c4cc3Cl)cc2)cc1. The number of pyridine rings is 1. The molecule has 4 aromatic rings. The fourth-order valence-electron chi connectivity index (χ4n) is 4.40. The Morgan fingerprint density at radius 1 is 0.971 bits per heavy atom. The van der Waals surface area contributed by atoms with Gasteiger partial charge in [-0.05, 0) is 29.3 Å². The van der Waals surface area contributed by atoms with Crippen LogP contribution in [0.3, 0.4) is 0 Å². The number of benzene rings is 2. The summed E-state index contributed by atoms with van der Waals surface area (Å²) in [5.74, 6) is 0. The van der Waals surface area contributed by atoms with E-state index in [4.69, 9.17) is 31.1 Å². The molecule has 2 aromatic heterocycles. The van der Waals surface area contributed by atoms with Crippen LogP contribution in [0.5, 0.6) is 6.01 Å². The molecule has 2 N–H and O–H groups in total. The average molecular weight is 475 g/mol. The molecule has 0 bridgehead atoms. The zero-order valence-electron chi connectivity index (χ0n) is 17.8. The van der Waals surface area contributed by atoms with Crippen molar-refractivity contribution in [2.24, 2.45) is 0 Å². The van der Waals surface area contributed by atoms with Crippen LogP contribution in [0.1, 0.15) is 5.56 Å². The van der Waals surface area contributed by atoms with Gasteiger partial charge in [0.05, 0.1) is 41.1 Å². The van der Waals surface area contributed by atoms with Gasteiger partial charge in [0.15, 0.2) is 11.8 Å². The van der Waals surface area contributed by atoms with Crippen LogP contribution in [0.25, 0.3) is 33.5 Å². The summed E-state index contributed by atoms with van der Waals surface area (Å²) in [5, 5.41) is 19.4. The van der Waals surface area contributed by atoms with Gasteiger partial charge in [0.25, 0.3) is 6.01 Å². The first-order valence-electron chi connectivity index (χ1n) is 10.8. The molecule has 2 saturated heterocycles. The minimum atomic E-state index is -0.638. The number of aromatic nitrogens is 3. The third-order valence-electron chi connectivity index (χ3n) is 6.16. The lowest BCUT2D eigenvalue weighted by Crippen LogP contribution is -2.34. The number of fused-ring (bicyclic) bond motifs is 2.